The number of likely N-dealkylation sites (tertiary alicyclic amines) is 1. The van der Waals surface area contributed by atoms with Gasteiger partial charge in [0.2, 0.25) is 0 Å². The van der Waals surface area contributed by atoms with Crippen LogP contribution < -0.4 is 9.47 Å². The van der Waals surface area contributed by atoms with Crippen LogP contribution in [-0.4, -0.2) is 41.5 Å². The molecule has 0 saturated carbocycles. The van der Waals surface area contributed by atoms with E-state index in [0.29, 0.717) is 34.3 Å². The van der Waals surface area contributed by atoms with E-state index in [4.69, 9.17) is 21.1 Å². The number of carbonyl (C=O) groups is 1. The molecule has 1 saturated heterocycles. The third-order valence-corrected chi connectivity index (χ3v) is 7.60. The van der Waals surface area contributed by atoms with Crippen LogP contribution in [0.25, 0.3) is 10.9 Å². The number of piperidine rings is 1. The Hall–Kier alpha value is -3.28. The fourth-order valence-electron chi connectivity index (χ4n) is 5.19. The lowest BCUT2D eigenvalue weighted by Crippen LogP contribution is -2.31. The average Bonchev–Trinajstić information content (AvgIpc) is 3.33. The molecule has 2 heterocycles. The van der Waals surface area contributed by atoms with Crippen LogP contribution in [0.2, 0.25) is 5.02 Å². The topological polar surface area (TPSA) is 43.7 Å². The number of hydrogen-bond donors (Lipinski definition) is 0. The third kappa shape index (κ3) is 7.03. The van der Waals surface area contributed by atoms with Gasteiger partial charge in [0.05, 0.1) is 6.61 Å². The fraction of sp³-hybridized carbons (Fsp3) is 0.364. The van der Waals surface area contributed by atoms with Crippen molar-refractivity contribution in [2.24, 2.45) is 0 Å². The molecule has 204 valence electrons. The molecule has 1 aromatic heterocycles. The number of halogens is 1. The summed E-state index contributed by atoms with van der Waals surface area (Å²) in [4.78, 5) is 16.2. The number of fused-ring (bicyclic) bond motifs is 1. The molecule has 6 heteroatoms. The fourth-order valence-corrected chi connectivity index (χ4v) is 5.32. The summed E-state index contributed by atoms with van der Waals surface area (Å²) in [6.45, 7) is 7.23. The predicted molar refractivity (Wildman–Crippen MR) is 159 cm³/mol. The number of ketones is 1. The summed E-state index contributed by atoms with van der Waals surface area (Å²) in [5.74, 6) is 2.17. The van der Waals surface area contributed by atoms with Crippen LogP contribution in [0.3, 0.4) is 0 Å². The molecule has 0 amide bonds. The Morgan fingerprint density at radius 2 is 1.56 bits per heavy atom. The highest BCUT2D eigenvalue weighted by Gasteiger charge is 2.18. The van der Waals surface area contributed by atoms with Crippen LogP contribution >= 0.6 is 11.6 Å². The quantitative estimate of drug-likeness (QED) is 0.133. The Bertz CT molecular complexity index is 1370. The first-order valence-electron chi connectivity index (χ1n) is 14.2. The molecule has 0 aliphatic carbocycles. The van der Waals surface area contributed by atoms with Crippen LogP contribution in [0, 0.1) is 0 Å². The minimum absolute atomic E-state index is 0.00413. The molecule has 0 bridgehead atoms. The van der Waals surface area contributed by atoms with Crippen molar-refractivity contribution in [2.45, 2.75) is 52.0 Å². The highest BCUT2D eigenvalue weighted by molar-refractivity contribution is 6.30. The lowest BCUT2D eigenvalue weighted by atomic mass is 10.0. The molecule has 0 spiro atoms. The van der Waals surface area contributed by atoms with Gasteiger partial charge in [-0.2, -0.15) is 0 Å². The molecule has 5 nitrogen and oxygen atoms in total. The first-order valence-corrected chi connectivity index (χ1v) is 14.5. The lowest BCUT2D eigenvalue weighted by molar-refractivity contribution is 0.104. The van der Waals surface area contributed by atoms with Crippen molar-refractivity contribution in [3.05, 3.63) is 89.1 Å². The summed E-state index contributed by atoms with van der Waals surface area (Å²) in [6, 6.07) is 20.8. The van der Waals surface area contributed by atoms with Crippen molar-refractivity contribution in [3.63, 3.8) is 0 Å². The largest absolute Gasteiger partial charge is 0.494 e. The van der Waals surface area contributed by atoms with Gasteiger partial charge in [0.15, 0.2) is 5.78 Å². The molecule has 1 fully saturated rings. The molecule has 0 N–H and O–H groups in total. The van der Waals surface area contributed by atoms with E-state index in [1.54, 1.807) is 12.1 Å². The number of unbranched alkanes of at least 4 members (excludes halogenated alkanes) is 1. The Morgan fingerprint density at radius 1 is 0.846 bits per heavy atom. The predicted octanol–water partition coefficient (Wildman–Crippen LogP) is 8.37. The Kier molecular flexibility index (Phi) is 9.23. The number of benzene rings is 3. The van der Waals surface area contributed by atoms with Crippen LogP contribution in [0.5, 0.6) is 17.2 Å². The van der Waals surface area contributed by atoms with E-state index in [1.165, 1.54) is 32.4 Å². The summed E-state index contributed by atoms with van der Waals surface area (Å²) in [5, 5.41) is 1.55. The second-order valence-corrected chi connectivity index (χ2v) is 10.7. The number of carbonyl (C=O) groups excluding carboxylic acids is 1. The van der Waals surface area contributed by atoms with Gasteiger partial charge in [-0.25, -0.2) is 0 Å². The van der Waals surface area contributed by atoms with Gasteiger partial charge in [0.25, 0.3) is 0 Å². The monoisotopic (exact) mass is 544 g/mol. The standard InChI is InChI=1S/C33H37ClN2O3/c1-2-3-21-36-24-31(30-23-29(16-17-32(30)36)39-28-14-10-26(34)11-15-28)33(37)25-8-12-27(13-9-25)38-22-7-20-35-18-5-4-6-19-35/h8-17,23-24H,2-7,18-22H2,1H3. The molecular weight excluding hydrogens is 508 g/mol. The van der Waals surface area contributed by atoms with E-state index in [9.17, 15) is 4.79 Å². The van der Waals surface area contributed by atoms with Gasteiger partial charge >= 0.3 is 0 Å². The van der Waals surface area contributed by atoms with Gasteiger partial charge in [-0.15, -0.1) is 0 Å². The SMILES string of the molecule is CCCCn1cc(C(=O)c2ccc(OCCCN3CCCCC3)cc2)c2cc(Oc3ccc(Cl)cc3)ccc21. The highest BCUT2D eigenvalue weighted by atomic mass is 35.5. The average molecular weight is 545 g/mol. The van der Waals surface area contributed by atoms with E-state index in [0.717, 1.165) is 49.0 Å². The maximum Gasteiger partial charge on any atom is 0.195 e. The molecule has 39 heavy (non-hydrogen) atoms. The lowest BCUT2D eigenvalue weighted by Gasteiger charge is -2.26. The first-order chi connectivity index (χ1) is 19.1. The van der Waals surface area contributed by atoms with Gasteiger partial charge in [-0.05, 0) is 106 Å². The molecule has 1 aliphatic heterocycles. The van der Waals surface area contributed by atoms with Crippen molar-refractivity contribution >= 4 is 28.3 Å². The van der Waals surface area contributed by atoms with E-state index in [2.05, 4.69) is 16.4 Å². The van der Waals surface area contributed by atoms with Crippen molar-refractivity contribution in [1.82, 2.24) is 9.47 Å². The van der Waals surface area contributed by atoms with Crippen molar-refractivity contribution in [1.29, 1.82) is 0 Å². The third-order valence-electron chi connectivity index (χ3n) is 7.35. The number of hydrogen-bond acceptors (Lipinski definition) is 4. The summed E-state index contributed by atoms with van der Waals surface area (Å²) in [5.41, 5.74) is 2.36. The Morgan fingerprint density at radius 3 is 2.31 bits per heavy atom. The maximum atomic E-state index is 13.7. The smallest absolute Gasteiger partial charge is 0.195 e. The van der Waals surface area contributed by atoms with Crippen LogP contribution in [0.4, 0.5) is 0 Å². The van der Waals surface area contributed by atoms with Crippen molar-refractivity contribution in [2.75, 3.05) is 26.2 Å². The molecule has 3 aromatic carbocycles. The summed E-state index contributed by atoms with van der Waals surface area (Å²) in [7, 11) is 0. The summed E-state index contributed by atoms with van der Waals surface area (Å²) < 4.78 is 14.2. The molecule has 1 aliphatic rings. The molecule has 0 atom stereocenters. The van der Waals surface area contributed by atoms with Gasteiger partial charge < -0.3 is 18.9 Å². The maximum absolute atomic E-state index is 13.7. The number of rotatable bonds is 12. The van der Waals surface area contributed by atoms with E-state index < -0.39 is 0 Å². The minimum atomic E-state index is -0.00413. The zero-order chi connectivity index (χ0) is 27.0. The Balaban J connectivity index is 1.30. The van der Waals surface area contributed by atoms with Crippen LogP contribution in [0.1, 0.15) is 61.4 Å². The Labute approximate surface area is 236 Å². The number of aromatic nitrogens is 1. The molecule has 0 unspecified atom stereocenters. The number of aryl methyl sites for hydroxylation is 1. The second kappa shape index (κ2) is 13.2. The van der Waals surface area contributed by atoms with E-state index in [-0.39, 0.29) is 5.78 Å². The second-order valence-electron chi connectivity index (χ2n) is 10.3. The van der Waals surface area contributed by atoms with Crippen LogP contribution in [0.15, 0.2) is 72.9 Å². The molecule has 4 aromatic rings. The summed E-state index contributed by atoms with van der Waals surface area (Å²) in [6.07, 6.45) is 9.10. The zero-order valence-corrected chi connectivity index (χ0v) is 23.5. The first kappa shape index (κ1) is 27.3. The van der Waals surface area contributed by atoms with Crippen LogP contribution in [-0.2, 0) is 6.54 Å². The number of ether oxygens (including phenoxy) is 2. The molecular formula is C33H37ClN2O3. The summed E-state index contributed by atoms with van der Waals surface area (Å²) >= 11 is 6.02. The minimum Gasteiger partial charge on any atom is -0.494 e. The molecule has 5 rings (SSSR count). The normalized spacial score (nSPS) is 14.0. The van der Waals surface area contributed by atoms with E-state index >= 15 is 0 Å². The van der Waals surface area contributed by atoms with Crippen molar-refractivity contribution in [3.8, 4) is 17.2 Å². The van der Waals surface area contributed by atoms with Gasteiger partial charge in [0, 0.05) is 46.3 Å². The van der Waals surface area contributed by atoms with Gasteiger partial charge in [-0.1, -0.05) is 31.4 Å². The number of nitrogens with zero attached hydrogens (tertiary/aromatic N) is 2. The van der Waals surface area contributed by atoms with Crippen molar-refractivity contribution < 1.29 is 14.3 Å². The van der Waals surface area contributed by atoms with E-state index in [1.807, 2.05) is 60.8 Å². The zero-order valence-electron chi connectivity index (χ0n) is 22.7. The van der Waals surface area contributed by atoms with Gasteiger partial charge in [-0.3, -0.25) is 4.79 Å². The molecule has 0 radical (unpaired) electrons. The highest BCUT2D eigenvalue weighted by Crippen LogP contribution is 2.31. The van der Waals surface area contributed by atoms with Gasteiger partial charge in [0.1, 0.15) is 17.2 Å².